The molecule has 0 fully saturated rings. The zero-order valence-corrected chi connectivity index (χ0v) is 7.49. The Morgan fingerprint density at radius 3 is 2.85 bits per heavy atom. The second-order valence-corrected chi connectivity index (χ2v) is 3.74. The van der Waals surface area contributed by atoms with Crippen LogP contribution in [0.4, 0.5) is 0 Å². The van der Waals surface area contributed by atoms with Gasteiger partial charge in [0.05, 0.1) is 5.70 Å². The molecule has 0 saturated carbocycles. The van der Waals surface area contributed by atoms with E-state index >= 15 is 0 Å². The normalized spacial score (nSPS) is 21.1. The van der Waals surface area contributed by atoms with Crippen LogP contribution in [0, 0.1) is 0 Å². The van der Waals surface area contributed by atoms with E-state index < -0.39 is 10.8 Å². The Bertz CT molecular complexity index is 411. The lowest BCUT2D eigenvalue weighted by Gasteiger charge is -1.94. The van der Waals surface area contributed by atoms with Crippen molar-refractivity contribution in [2.45, 2.75) is 0 Å². The van der Waals surface area contributed by atoms with Crippen molar-refractivity contribution >= 4 is 21.7 Å². The summed E-state index contributed by atoms with van der Waals surface area (Å²) in [5.74, 6) is 0. The monoisotopic (exact) mass is 193 g/mol. The van der Waals surface area contributed by atoms with Gasteiger partial charge in [-0.05, 0) is 12.1 Å². The highest BCUT2D eigenvalue weighted by atomic mass is 32.2. The van der Waals surface area contributed by atoms with Gasteiger partial charge in [-0.1, -0.05) is 0 Å². The third-order valence-corrected chi connectivity index (χ3v) is 2.55. The maximum Gasteiger partial charge on any atom is 0.194 e. The molecule has 0 bridgehead atoms. The zero-order valence-electron chi connectivity index (χ0n) is 6.68. The van der Waals surface area contributed by atoms with Crippen molar-refractivity contribution in [1.82, 2.24) is 4.98 Å². The highest BCUT2D eigenvalue weighted by Gasteiger charge is 2.13. The Kier molecular flexibility index (Phi) is 1.94. The Hall–Kier alpha value is -1.49. The van der Waals surface area contributed by atoms with E-state index in [9.17, 15) is 4.21 Å². The summed E-state index contributed by atoms with van der Waals surface area (Å²) in [5, 5.41) is 1.67. The van der Waals surface area contributed by atoms with E-state index in [0.717, 1.165) is 5.56 Å². The van der Waals surface area contributed by atoms with Gasteiger partial charge in [-0.15, -0.1) is 0 Å². The number of aromatic nitrogens is 1. The molecule has 2 N–H and O–H groups in total. The molecule has 1 aliphatic rings. The molecule has 66 valence electrons. The molecule has 1 unspecified atom stereocenters. The highest BCUT2D eigenvalue weighted by Crippen LogP contribution is 2.19. The predicted molar refractivity (Wildman–Crippen MR) is 52.0 cm³/mol. The smallest absolute Gasteiger partial charge is 0.194 e. The first-order valence-electron chi connectivity index (χ1n) is 3.64. The summed E-state index contributed by atoms with van der Waals surface area (Å²) < 4.78 is 11.1. The number of rotatable bonds is 1. The van der Waals surface area contributed by atoms with Crippen molar-refractivity contribution in [2.24, 2.45) is 10.7 Å². The third-order valence-electron chi connectivity index (χ3n) is 1.61. The molecule has 0 saturated heterocycles. The minimum Gasteiger partial charge on any atom is -0.376 e. The molecule has 5 heteroatoms. The summed E-state index contributed by atoms with van der Waals surface area (Å²) in [6.45, 7) is 0. The quantitative estimate of drug-likeness (QED) is 0.704. The van der Waals surface area contributed by atoms with Gasteiger partial charge >= 0.3 is 0 Å². The van der Waals surface area contributed by atoms with Crippen LogP contribution in [-0.4, -0.2) is 14.4 Å². The molecule has 1 aliphatic heterocycles. The fourth-order valence-corrected chi connectivity index (χ4v) is 1.70. The van der Waals surface area contributed by atoms with Crippen molar-refractivity contribution in [3.05, 3.63) is 35.5 Å². The molecule has 13 heavy (non-hydrogen) atoms. The molecule has 0 radical (unpaired) electrons. The molecule has 0 amide bonds. The summed E-state index contributed by atoms with van der Waals surface area (Å²) in [6.07, 6.45) is 3.33. The molecule has 0 aromatic carbocycles. The second-order valence-electron chi connectivity index (χ2n) is 2.49. The molecule has 1 aromatic rings. The molecule has 1 aromatic heterocycles. The highest BCUT2D eigenvalue weighted by molar-refractivity contribution is 8.03. The fraction of sp³-hybridized carbons (Fsp3) is 0. The van der Waals surface area contributed by atoms with Crippen LogP contribution in [0.1, 0.15) is 5.56 Å². The predicted octanol–water partition coefficient (Wildman–Crippen LogP) is 0.457. The molecule has 4 nitrogen and oxygen atoms in total. The Balaban J connectivity index is 2.41. The SMILES string of the molecule is NC1=NC(c2cccnc2)=CS1=O. The van der Waals surface area contributed by atoms with Crippen LogP contribution < -0.4 is 5.73 Å². The Morgan fingerprint density at radius 2 is 2.31 bits per heavy atom. The van der Waals surface area contributed by atoms with Gasteiger partial charge < -0.3 is 5.73 Å². The minimum absolute atomic E-state index is 0.152. The van der Waals surface area contributed by atoms with E-state index in [1.54, 1.807) is 18.5 Å². The Labute approximate surface area is 77.7 Å². The molecule has 2 heterocycles. The van der Waals surface area contributed by atoms with Crippen LogP contribution in [0.2, 0.25) is 0 Å². The van der Waals surface area contributed by atoms with Crippen LogP contribution in [0.15, 0.2) is 34.9 Å². The Morgan fingerprint density at radius 1 is 1.46 bits per heavy atom. The molecule has 0 aliphatic carbocycles. The van der Waals surface area contributed by atoms with Crippen molar-refractivity contribution in [3.8, 4) is 0 Å². The van der Waals surface area contributed by atoms with E-state index in [4.69, 9.17) is 5.73 Å². The van der Waals surface area contributed by atoms with Gasteiger partial charge in [-0.2, -0.15) is 0 Å². The fourth-order valence-electron chi connectivity index (χ4n) is 0.999. The number of hydrogen-bond acceptors (Lipinski definition) is 4. The maximum atomic E-state index is 11.1. The lowest BCUT2D eigenvalue weighted by Crippen LogP contribution is -2.12. The summed E-state index contributed by atoms with van der Waals surface area (Å²) in [6, 6.07) is 3.64. The number of aliphatic imine (C=N–C) groups is 1. The summed E-state index contributed by atoms with van der Waals surface area (Å²) >= 11 is 0. The molecule has 2 rings (SSSR count). The van der Waals surface area contributed by atoms with Gasteiger partial charge in [-0.3, -0.25) is 4.98 Å². The molecule has 0 spiro atoms. The topological polar surface area (TPSA) is 68.3 Å². The van der Waals surface area contributed by atoms with Crippen molar-refractivity contribution in [3.63, 3.8) is 0 Å². The second kappa shape index (κ2) is 3.10. The standard InChI is InChI=1S/C8H7N3OS/c9-8-11-7(5-13(8)12)6-2-1-3-10-4-6/h1-5H,(H2,9,11). The summed E-state index contributed by atoms with van der Waals surface area (Å²) in [7, 11) is -1.26. The van der Waals surface area contributed by atoms with Gasteiger partial charge in [0.15, 0.2) is 5.17 Å². The van der Waals surface area contributed by atoms with E-state index in [1.807, 2.05) is 6.07 Å². The van der Waals surface area contributed by atoms with Gasteiger partial charge in [0.2, 0.25) is 0 Å². The van der Waals surface area contributed by atoms with Crippen LogP contribution >= 0.6 is 0 Å². The van der Waals surface area contributed by atoms with E-state index in [2.05, 4.69) is 9.98 Å². The molecular formula is C8H7N3OS. The number of amidine groups is 1. The number of nitrogens with two attached hydrogens (primary N) is 1. The number of pyridine rings is 1. The van der Waals surface area contributed by atoms with Gasteiger partial charge in [-0.25, -0.2) is 9.20 Å². The van der Waals surface area contributed by atoms with Gasteiger partial charge in [0.1, 0.15) is 10.8 Å². The number of nitrogens with zero attached hydrogens (tertiary/aromatic N) is 2. The molecule has 1 atom stereocenters. The summed E-state index contributed by atoms with van der Waals surface area (Å²) in [4.78, 5) is 7.88. The molecular weight excluding hydrogens is 186 g/mol. The van der Waals surface area contributed by atoms with Crippen LogP contribution in [0.25, 0.3) is 5.70 Å². The first kappa shape index (κ1) is 8.12. The van der Waals surface area contributed by atoms with Crippen molar-refractivity contribution in [2.75, 3.05) is 0 Å². The maximum absolute atomic E-state index is 11.1. The van der Waals surface area contributed by atoms with Crippen LogP contribution in [0.5, 0.6) is 0 Å². The zero-order chi connectivity index (χ0) is 9.26. The van der Waals surface area contributed by atoms with E-state index in [1.165, 1.54) is 5.41 Å². The van der Waals surface area contributed by atoms with E-state index in [0.29, 0.717) is 5.70 Å². The largest absolute Gasteiger partial charge is 0.376 e. The number of hydrogen-bond donors (Lipinski definition) is 1. The average molecular weight is 193 g/mol. The third kappa shape index (κ3) is 1.50. The lowest BCUT2D eigenvalue weighted by molar-refractivity contribution is 0.694. The summed E-state index contributed by atoms with van der Waals surface area (Å²) in [5.41, 5.74) is 6.84. The average Bonchev–Trinajstić information content (AvgIpc) is 2.49. The van der Waals surface area contributed by atoms with E-state index in [-0.39, 0.29) is 5.17 Å². The van der Waals surface area contributed by atoms with Crippen LogP contribution in [0.3, 0.4) is 0 Å². The minimum atomic E-state index is -1.26. The van der Waals surface area contributed by atoms with Gasteiger partial charge in [0.25, 0.3) is 0 Å². The first-order chi connectivity index (χ1) is 6.27. The van der Waals surface area contributed by atoms with Crippen LogP contribution in [-0.2, 0) is 10.8 Å². The van der Waals surface area contributed by atoms with Gasteiger partial charge in [0, 0.05) is 23.4 Å². The van der Waals surface area contributed by atoms with Crippen molar-refractivity contribution < 1.29 is 4.21 Å². The van der Waals surface area contributed by atoms with Crippen molar-refractivity contribution in [1.29, 1.82) is 0 Å². The lowest BCUT2D eigenvalue weighted by atomic mass is 10.2. The first-order valence-corrected chi connectivity index (χ1v) is 4.85.